The zero-order valence-corrected chi connectivity index (χ0v) is 10.9. The van der Waals surface area contributed by atoms with Gasteiger partial charge in [-0.25, -0.2) is 0 Å². The second-order valence-electron chi connectivity index (χ2n) is 4.13. The summed E-state index contributed by atoms with van der Waals surface area (Å²) < 4.78 is 6.66. The normalized spacial score (nSPS) is 20.9. The van der Waals surface area contributed by atoms with Crippen molar-refractivity contribution in [3.63, 3.8) is 0 Å². The van der Waals surface area contributed by atoms with E-state index in [1.165, 1.54) is 19.3 Å². The van der Waals surface area contributed by atoms with Gasteiger partial charge in [0.2, 0.25) is 0 Å². The van der Waals surface area contributed by atoms with Crippen molar-refractivity contribution in [2.45, 2.75) is 31.9 Å². The van der Waals surface area contributed by atoms with E-state index in [4.69, 9.17) is 4.74 Å². The summed E-state index contributed by atoms with van der Waals surface area (Å²) in [6.07, 6.45) is 5.65. The van der Waals surface area contributed by atoms with Gasteiger partial charge in [-0.15, -0.1) is 0 Å². The zero-order chi connectivity index (χ0) is 11.2. The fourth-order valence-electron chi connectivity index (χ4n) is 1.86. The summed E-state index contributed by atoms with van der Waals surface area (Å²) in [7, 11) is 0. The fraction of sp³-hybridized carbons (Fsp3) is 0.583. The predicted molar refractivity (Wildman–Crippen MR) is 67.2 cm³/mol. The maximum atomic E-state index is 5.66. The highest BCUT2D eigenvalue weighted by Crippen LogP contribution is 2.10. The van der Waals surface area contributed by atoms with E-state index in [0.29, 0.717) is 12.6 Å². The number of nitrogens with one attached hydrogen (secondary N) is 1. The molecule has 0 aliphatic carbocycles. The van der Waals surface area contributed by atoms with Gasteiger partial charge in [0.1, 0.15) is 0 Å². The van der Waals surface area contributed by atoms with Crippen LogP contribution in [0.3, 0.4) is 0 Å². The zero-order valence-electron chi connectivity index (χ0n) is 9.29. The molecule has 16 heavy (non-hydrogen) atoms. The van der Waals surface area contributed by atoms with Crippen molar-refractivity contribution in [2.24, 2.45) is 0 Å². The minimum Gasteiger partial charge on any atom is -0.374 e. The first-order valence-electron chi connectivity index (χ1n) is 5.76. The minimum atomic E-state index is 0.532. The highest BCUT2D eigenvalue weighted by Gasteiger charge is 2.12. The van der Waals surface area contributed by atoms with Crippen molar-refractivity contribution < 1.29 is 4.74 Å². The van der Waals surface area contributed by atoms with Gasteiger partial charge in [-0.2, -0.15) is 0 Å². The number of pyridine rings is 1. The fourth-order valence-corrected chi connectivity index (χ4v) is 2.10. The first-order chi connectivity index (χ1) is 7.84. The van der Waals surface area contributed by atoms with Crippen molar-refractivity contribution >= 4 is 15.9 Å². The average molecular weight is 285 g/mol. The summed E-state index contributed by atoms with van der Waals surface area (Å²) in [5.41, 5.74) is 0.985. The molecule has 1 saturated heterocycles. The molecular weight excluding hydrogens is 268 g/mol. The van der Waals surface area contributed by atoms with Crippen LogP contribution >= 0.6 is 15.9 Å². The van der Waals surface area contributed by atoms with Crippen LogP contribution in [0.2, 0.25) is 0 Å². The maximum absolute atomic E-state index is 5.66. The molecule has 1 atom stereocenters. The number of hydrogen-bond donors (Lipinski definition) is 1. The quantitative estimate of drug-likeness (QED) is 0.923. The lowest BCUT2D eigenvalue weighted by Gasteiger charge is -2.23. The summed E-state index contributed by atoms with van der Waals surface area (Å²) in [5, 5.41) is 3.46. The Hall–Kier alpha value is -0.450. The largest absolute Gasteiger partial charge is 0.374 e. The average Bonchev–Trinajstić information content (AvgIpc) is 2.33. The van der Waals surface area contributed by atoms with Crippen molar-refractivity contribution in [1.29, 1.82) is 0 Å². The summed E-state index contributed by atoms with van der Waals surface area (Å²) >= 11 is 3.36. The molecule has 1 fully saturated rings. The third-order valence-electron chi connectivity index (χ3n) is 2.77. The first-order valence-corrected chi connectivity index (χ1v) is 6.55. The number of rotatable bonds is 4. The van der Waals surface area contributed by atoms with Gasteiger partial charge in [0, 0.05) is 16.7 Å². The SMILES string of the molecule is Brc1ccc(COCC2CCCCN2)nc1. The molecule has 0 amide bonds. The van der Waals surface area contributed by atoms with Gasteiger partial charge in [-0.3, -0.25) is 4.98 Å². The van der Waals surface area contributed by atoms with Crippen LogP contribution in [-0.2, 0) is 11.3 Å². The highest BCUT2D eigenvalue weighted by molar-refractivity contribution is 9.10. The standard InChI is InChI=1S/C12H17BrN2O/c13-10-4-5-12(15-7-10)9-16-8-11-3-1-2-6-14-11/h4-5,7,11,14H,1-3,6,8-9H2. The lowest BCUT2D eigenvalue weighted by molar-refractivity contribution is 0.0890. The van der Waals surface area contributed by atoms with Crippen molar-refractivity contribution in [3.05, 3.63) is 28.5 Å². The van der Waals surface area contributed by atoms with Gasteiger partial charge >= 0.3 is 0 Å². The topological polar surface area (TPSA) is 34.1 Å². The van der Waals surface area contributed by atoms with E-state index in [9.17, 15) is 0 Å². The Morgan fingerprint density at radius 2 is 2.38 bits per heavy atom. The number of halogens is 1. The van der Waals surface area contributed by atoms with Crippen molar-refractivity contribution in [2.75, 3.05) is 13.2 Å². The molecule has 1 N–H and O–H groups in total. The maximum Gasteiger partial charge on any atom is 0.0888 e. The molecule has 0 saturated carbocycles. The Morgan fingerprint density at radius 3 is 3.06 bits per heavy atom. The van der Waals surface area contributed by atoms with Crippen LogP contribution in [0.1, 0.15) is 25.0 Å². The molecule has 1 aliphatic rings. The summed E-state index contributed by atoms with van der Waals surface area (Å²) in [5.74, 6) is 0. The number of piperidine rings is 1. The van der Waals surface area contributed by atoms with Gasteiger partial charge in [0.25, 0.3) is 0 Å². The number of nitrogens with zero attached hydrogens (tertiary/aromatic N) is 1. The highest BCUT2D eigenvalue weighted by atomic mass is 79.9. The molecule has 1 aromatic rings. The summed E-state index contributed by atoms with van der Waals surface area (Å²) in [4.78, 5) is 4.27. The van der Waals surface area contributed by atoms with Gasteiger partial charge in [-0.1, -0.05) is 6.42 Å². The monoisotopic (exact) mass is 284 g/mol. The Bertz CT molecular complexity index is 309. The molecule has 0 bridgehead atoms. The molecule has 3 nitrogen and oxygen atoms in total. The molecule has 1 aliphatic heterocycles. The molecule has 1 aromatic heterocycles. The Balaban J connectivity index is 1.69. The van der Waals surface area contributed by atoms with Crippen LogP contribution in [0, 0.1) is 0 Å². The van der Waals surface area contributed by atoms with Gasteiger partial charge in [0.15, 0.2) is 0 Å². The van der Waals surface area contributed by atoms with E-state index in [2.05, 4.69) is 26.2 Å². The molecule has 88 valence electrons. The van der Waals surface area contributed by atoms with E-state index < -0.39 is 0 Å². The third kappa shape index (κ3) is 3.85. The van der Waals surface area contributed by atoms with Crippen LogP contribution in [-0.4, -0.2) is 24.2 Å². The molecular formula is C12H17BrN2O. The first kappa shape index (κ1) is 12.0. The van der Waals surface area contributed by atoms with Crippen molar-refractivity contribution in [3.8, 4) is 0 Å². The van der Waals surface area contributed by atoms with Crippen LogP contribution in [0.5, 0.6) is 0 Å². The Labute approximate surface area is 105 Å². The van der Waals surface area contributed by atoms with E-state index in [1.54, 1.807) is 6.20 Å². The van der Waals surface area contributed by atoms with E-state index in [-0.39, 0.29) is 0 Å². The molecule has 2 rings (SSSR count). The molecule has 0 radical (unpaired) electrons. The Kier molecular flexibility index (Phi) is 4.75. The lowest BCUT2D eigenvalue weighted by atomic mass is 10.1. The van der Waals surface area contributed by atoms with Crippen LogP contribution < -0.4 is 5.32 Å². The predicted octanol–water partition coefficient (Wildman–Crippen LogP) is 2.50. The van der Waals surface area contributed by atoms with E-state index in [0.717, 1.165) is 23.3 Å². The second kappa shape index (κ2) is 6.33. The second-order valence-corrected chi connectivity index (χ2v) is 5.05. The van der Waals surface area contributed by atoms with Crippen LogP contribution in [0.4, 0.5) is 0 Å². The number of hydrogen-bond acceptors (Lipinski definition) is 3. The molecule has 0 aromatic carbocycles. The lowest BCUT2D eigenvalue weighted by Crippen LogP contribution is -2.37. The molecule has 4 heteroatoms. The summed E-state index contributed by atoms with van der Waals surface area (Å²) in [6.45, 7) is 2.52. The minimum absolute atomic E-state index is 0.532. The van der Waals surface area contributed by atoms with E-state index >= 15 is 0 Å². The van der Waals surface area contributed by atoms with Crippen molar-refractivity contribution in [1.82, 2.24) is 10.3 Å². The van der Waals surface area contributed by atoms with Gasteiger partial charge in [0.05, 0.1) is 18.9 Å². The summed E-state index contributed by atoms with van der Waals surface area (Å²) in [6, 6.07) is 4.51. The molecule has 2 heterocycles. The van der Waals surface area contributed by atoms with E-state index in [1.807, 2.05) is 12.1 Å². The van der Waals surface area contributed by atoms with Gasteiger partial charge in [-0.05, 0) is 47.4 Å². The Morgan fingerprint density at radius 1 is 1.44 bits per heavy atom. The van der Waals surface area contributed by atoms with Gasteiger partial charge < -0.3 is 10.1 Å². The molecule has 0 spiro atoms. The smallest absolute Gasteiger partial charge is 0.0888 e. The number of ether oxygens (including phenoxy) is 1. The van der Waals surface area contributed by atoms with Crippen LogP contribution in [0.25, 0.3) is 0 Å². The third-order valence-corrected chi connectivity index (χ3v) is 3.24. The number of aromatic nitrogens is 1. The van der Waals surface area contributed by atoms with Crippen LogP contribution in [0.15, 0.2) is 22.8 Å². The molecule has 1 unspecified atom stereocenters.